The first-order valence-corrected chi connectivity index (χ1v) is 6.04. The van der Waals surface area contributed by atoms with Crippen molar-refractivity contribution < 1.29 is 4.74 Å². The summed E-state index contributed by atoms with van der Waals surface area (Å²) in [6.07, 6.45) is 2.52. The highest BCUT2D eigenvalue weighted by atomic mass is 16.5. The van der Waals surface area contributed by atoms with E-state index in [2.05, 4.69) is 26.0 Å². The lowest BCUT2D eigenvalue weighted by molar-refractivity contribution is 0.358. The molecule has 0 spiro atoms. The molecule has 0 unspecified atom stereocenters. The van der Waals surface area contributed by atoms with Crippen LogP contribution in [-0.4, -0.2) is 26.5 Å². The predicted octanol–water partition coefficient (Wildman–Crippen LogP) is 1.54. The molecule has 0 radical (unpaired) electrons. The van der Waals surface area contributed by atoms with E-state index in [0.29, 0.717) is 12.3 Å². The quantitative estimate of drug-likeness (QED) is 0.686. The van der Waals surface area contributed by atoms with Crippen LogP contribution < -0.4 is 10.5 Å². The Labute approximate surface area is 108 Å². The Kier molecular flexibility index (Phi) is 2.00. The van der Waals surface area contributed by atoms with E-state index in [9.17, 15) is 0 Å². The Morgan fingerprint density at radius 1 is 1.26 bits per heavy atom. The zero-order valence-electron chi connectivity index (χ0n) is 10.1. The van der Waals surface area contributed by atoms with Gasteiger partial charge in [-0.25, -0.2) is 9.97 Å². The molecular formula is C13H11N5O. The first-order chi connectivity index (χ1) is 9.33. The molecule has 3 heterocycles. The van der Waals surface area contributed by atoms with Crippen molar-refractivity contribution >= 4 is 17.1 Å². The topological polar surface area (TPSA) is 89.7 Å². The van der Waals surface area contributed by atoms with E-state index in [1.807, 2.05) is 12.1 Å². The third-order valence-corrected chi connectivity index (χ3v) is 3.27. The van der Waals surface area contributed by atoms with Gasteiger partial charge in [0.2, 0.25) is 5.95 Å². The van der Waals surface area contributed by atoms with Crippen LogP contribution in [0.5, 0.6) is 5.75 Å². The fourth-order valence-corrected chi connectivity index (χ4v) is 2.45. The summed E-state index contributed by atoms with van der Waals surface area (Å²) in [5, 5.41) is 0. The summed E-state index contributed by atoms with van der Waals surface area (Å²) in [5.74, 6) is 1.10. The van der Waals surface area contributed by atoms with Crippen molar-refractivity contribution in [3.63, 3.8) is 0 Å². The van der Waals surface area contributed by atoms with E-state index in [1.54, 1.807) is 6.33 Å². The number of para-hydroxylation sites is 1. The van der Waals surface area contributed by atoms with Crippen LogP contribution in [0.1, 0.15) is 5.56 Å². The Hall–Kier alpha value is -2.63. The first-order valence-electron chi connectivity index (χ1n) is 6.04. The summed E-state index contributed by atoms with van der Waals surface area (Å²) in [5.41, 5.74) is 9.95. The van der Waals surface area contributed by atoms with Gasteiger partial charge >= 0.3 is 0 Å². The van der Waals surface area contributed by atoms with Gasteiger partial charge in [-0.3, -0.25) is 0 Å². The molecule has 2 aromatic heterocycles. The van der Waals surface area contributed by atoms with Crippen LogP contribution in [0.3, 0.4) is 0 Å². The van der Waals surface area contributed by atoms with Crippen molar-refractivity contribution in [2.45, 2.75) is 6.42 Å². The number of nitrogens with one attached hydrogen (secondary N) is 1. The minimum Gasteiger partial charge on any atom is -0.492 e. The zero-order valence-corrected chi connectivity index (χ0v) is 10.1. The standard InChI is InChI=1S/C13H11N5O/c14-13-17-9(10-12(18-13)16-6-15-10)8-3-1-2-7-4-5-19-11(7)8/h1-3,6H,4-5H2,(H3,14,15,16,17,18). The Morgan fingerprint density at radius 3 is 3.16 bits per heavy atom. The molecule has 0 aliphatic carbocycles. The largest absolute Gasteiger partial charge is 0.492 e. The number of H-pyrrole nitrogens is 1. The average molecular weight is 253 g/mol. The number of nitrogens with two attached hydrogens (primary N) is 1. The molecule has 6 heteroatoms. The van der Waals surface area contributed by atoms with Crippen LogP contribution in [0.2, 0.25) is 0 Å². The maximum absolute atomic E-state index is 5.75. The number of anilines is 1. The third-order valence-electron chi connectivity index (χ3n) is 3.27. The van der Waals surface area contributed by atoms with E-state index < -0.39 is 0 Å². The molecule has 3 N–H and O–H groups in total. The normalized spacial score (nSPS) is 13.5. The molecule has 19 heavy (non-hydrogen) atoms. The molecule has 1 aromatic carbocycles. The molecule has 0 saturated heterocycles. The maximum Gasteiger partial charge on any atom is 0.222 e. The highest BCUT2D eigenvalue weighted by Gasteiger charge is 2.20. The number of rotatable bonds is 1. The molecule has 3 aromatic rings. The predicted molar refractivity (Wildman–Crippen MR) is 70.7 cm³/mol. The van der Waals surface area contributed by atoms with Gasteiger partial charge in [0, 0.05) is 12.0 Å². The molecule has 0 fully saturated rings. The molecule has 94 valence electrons. The summed E-state index contributed by atoms with van der Waals surface area (Å²) in [6.45, 7) is 0.707. The fraction of sp³-hybridized carbons (Fsp3) is 0.154. The average Bonchev–Trinajstić information content (AvgIpc) is 3.04. The van der Waals surface area contributed by atoms with E-state index in [0.717, 1.165) is 28.9 Å². The lowest BCUT2D eigenvalue weighted by Crippen LogP contribution is -1.99. The van der Waals surface area contributed by atoms with Gasteiger partial charge in [-0.15, -0.1) is 0 Å². The number of hydrogen-bond donors (Lipinski definition) is 2. The summed E-state index contributed by atoms with van der Waals surface area (Å²) in [6, 6.07) is 6.05. The number of aromatic amines is 1. The number of ether oxygens (including phenoxy) is 1. The van der Waals surface area contributed by atoms with Gasteiger partial charge in [0.15, 0.2) is 5.65 Å². The van der Waals surface area contributed by atoms with Gasteiger partial charge in [-0.05, 0) is 11.6 Å². The van der Waals surface area contributed by atoms with Crippen LogP contribution in [0.15, 0.2) is 24.5 Å². The summed E-state index contributed by atoms with van der Waals surface area (Å²) >= 11 is 0. The molecule has 1 aliphatic heterocycles. The third kappa shape index (κ3) is 1.46. The van der Waals surface area contributed by atoms with Crippen molar-refractivity contribution in [2.24, 2.45) is 0 Å². The van der Waals surface area contributed by atoms with Gasteiger partial charge < -0.3 is 15.5 Å². The lowest BCUT2D eigenvalue weighted by atomic mass is 10.0. The molecular weight excluding hydrogens is 242 g/mol. The Bertz CT molecular complexity index is 780. The van der Waals surface area contributed by atoms with Crippen molar-refractivity contribution in [3.05, 3.63) is 30.1 Å². The molecule has 0 amide bonds. The monoisotopic (exact) mass is 253 g/mol. The zero-order chi connectivity index (χ0) is 12.8. The summed E-state index contributed by atoms with van der Waals surface area (Å²) in [7, 11) is 0. The van der Waals surface area contributed by atoms with E-state index >= 15 is 0 Å². The number of imidazole rings is 1. The van der Waals surface area contributed by atoms with E-state index in [1.165, 1.54) is 5.56 Å². The van der Waals surface area contributed by atoms with Gasteiger partial charge in [0.1, 0.15) is 17.0 Å². The van der Waals surface area contributed by atoms with E-state index in [-0.39, 0.29) is 5.95 Å². The van der Waals surface area contributed by atoms with Crippen LogP contribution in [0, 0.1) is 0 Å². The number of nitrogen functional groups attached to an aromatic ring is 1. The Morgan fingerprint density at radius 2 is 2.21 bits per heavy atom. The van der Waals surface area contributed by atoms with Gasteiger partial charge in [0.05, 0.1) is 12.9 Å². The highest BCUT2D eigenvalue weighted by Crippen LogP contribution is 2.37. The van der Waals surface area contributed by atoms with Crippen LogP contribution in [-0.2, 0) is 6.42 Å². The SMILES string of the molecule is Nc1nc(-c2cccc3c2OCC3)c2[nH]cnc2n1. The van der Waals surface area contributed by atoms with Crippen molar-refractivity contribution in [3.8, 4) is 17.0 Å². The second kappa shape index (κ2) is 3.68. The molecule has 1 aliphatic rings. The smallest absolute Gasteiger partial charge is 0.222 e. The number of nitrogens with zero attached hydrogens (tertiary/aromatic N) is 3. The molecule has 4 rings (SSSR count). The second-order valence-electron chi connectivity index (χ2n) is 4.42. The molecule has 0 saturated carbocycles. The van der Waals surface area contributed by atoms with Crippen molar-refractivity contribution in [1.29, 1.82) is 0 Å². The fourth-order valence-electron chi connectivity index (χ4n) is 2.45. The number of aromatic nitrogens is 4. The summed E-state index contributed by atoms with van der Waals surface area (Å²) in [4.78, 5) is 15.6. The second-order valence-corrected chi connectivity index (χ2v) is 4.42. The Balaban J connectivity index is 2.05. The number of fused-ring (bicyclic) bond motifs is 2. The van der Waals surface area contributed by atoms with Gasteiger partial charge in [-0.2, -0.15) is 4.98 Å². The van der Waals surface area contributed by atoms with Crippen molar-refractivity contribution in [1.82, 2.24) is 19.9 Å². The molecule has 6 nitrogen and oxygen atoms in total. The first kappa shape index (κ1) is 10.3. The number of hydrogen-bond acceptors (Lipinski definition) is 5. The lowest BCUT2D eigenvalue weighted by Gasteiger charge is -2.08. The summed E-state index contributed by atoms with van der Waals surface area (Å²) < 4.78 is 5.71. The maximum atomic E-state index is 5.75. The van der Waals surface area contributed by atoms with Gasteiger partial charge in [-0.1, -0.05) is 12.1 Å². The number of benzene rings is 1. The van der Waals surface area contributed by atoms with Crippen LogP contribution in [0.4, 0.5) is 5.95 Å². The van der Waals surface area contributed by atoms with Gasteiger partial charge in [0.25, 0.3) is 0 Å². The minimum atomic E-state index is 0.213. The van der Waals surface area contributed by atoms with Crippen LogP contribution in [0.25, 0.3) is 22.4 Å². The van der Waals surface area contributed by atoms with Crippen LogP contribution >= 0.6 is 0 Å². The van der Waals surface area contributed by atoms with E-state index in [4.69, 9.17) is 10.5 Å². The minimum absolute atomic E-state index is 0.213. The van der Waals surface area contributed by atoms with Crippen molar-refractivity contribution in [2.75, 3.05) is 12.3 Å². The molecule has 0 bridgehead atoms. The highest BCUT2D eigenvalue weighted by molar-refractivity contribution is 5.90. The molecule has 0 atom stereocenters.